The van der Waals surface area contributed by atoms with Crippen molar-refractivity contribution in [2.75, 3.05) is 0 Å². The Balaban J connectivity index is 1.51. The van der Waals surface area contributed by atoms with Crippen LogP contribution in [-0.2, 0) is 6.54 Å². The molecule has 2 aromatic rings. The van der Waals surface area contributed by atoms with Crippen LogP contribution >= 0.6 is 0 Å². The maximum Gasteiger partial charge on any atom is 0.315 e. The standard InChI is InChI=1S/C15H20N4O/c20-15(17-12-6-2-1-3-7-12)16-11-13-10-14-8-4-5-9-19(14)18-13/h4-5,8-10,12H,1-3,6-7,11H2,(H2,16,17,20). The fourth-order valence-electron chi connectivity index (χ4n) is 2.73. The van der Waals surface area contributed by atoms with Gasteiger partial charge in [0, 0.05) is 12.2 Å². The van der Waals surface area contributed by atoms with Crippen molar-refractivity contribution < 1.29 is 4.79 Å². The summed E-state index contributed by atoms with van der Waals surface area (Å²) in [5.74, 6) is 0. The van der Waals surface area contributed by atoms with Crippen molar-refractivity contribution in [2.24, 2.45) is 0 Å². The summed E-state index contributed by atoms with van der Waals surface area (Å²) in [6.45, 7) is 0.459. The Bertz CT molecular complexity index is 553. The van der Waals surface area contributed by atoms with Gasteiger partial charge in [0.15, 0.2) is 0 Å². The van der Waals surface area contributed by atoms with Crippen molar-refractivity contribution in [1.29, 1.82) is 0 Å². The van der Waals surface area contributed by atoms with E-state index in [2.05, 4.69) is 15.7 Å². The summed E-state index contributed by atoms with van der Waals surface area (Å²) in [7, 11) is 0. The second-order valence-corrected chi connectivity index (χ2v) is 5.37. The molecule has 2 N–H and O–H groups in total. The molecule has 0 bridgehead atoms. The maximum atomic E-state index is 11.8. The third-order valence-electron chi connectivity index (χ3n) is 3.79. The van der Waals surface area contributed by atoms with Gasteiger partial charge < -0.3 is 10.6 Å². The van der Waals surface area contributed by atoms with E-state index in [0.717, 1.165) is 24.1 Å². The molecule has 2 aromatic heterocycles. The Labute approximate surface area is 118 Å². The van der Waals surface area contributed by atoms with E-state index in [9.17, 15) is 4.79 Å². The normalized spacial score (nSPS) is 16.2. The molecule has 1 saturated carbocycles. The average Bonchev–Trinajstić information content (AvgIpc) is 2.89. The van der Waals surface area contributed by atoms with Gasteiger partial charge in [0.25, 0.3) is 0 Å². The van der Waals surface area contributed by atoms with Gasteiger partial charge in [0.05, 0.1) is 17.8 Å². The minimum Gasteiger partial charge on any atom is -0.335 e. The van der Waals surface area contributed by atoms with E-state index in [1.807, 2.05) is 35.0 Å². The van der Waals surface area contributed by atoms with Crippen molar-refractivity contribution in [3.05, 3.63) is 36.2 Å². The van der Waals surface area contributed by atoms with Gasteiger partial charge in [-0.1, -0.05) is 25.3 Å². The monoisotopic (exact) mass is 272 g/mol. The van der Waals surface area contributed by atoms with E-state index in [1.54, 1.807) is 0 Å². The number of nitrogens with one attached hydrogen (secondary N) is 2. The Morgan fingerprint density at radius 1 is 1.30 bits per heavy atom. The lowest BCUT2D eigenvalue weighted by Crippen LogP contribution is -2.42. The summed E-state index contributed by atoms with van der Waals surface area (Å²) in [5.41, 5.74) is 1.91. The van der Waals surface area contributed by atoms with Crippen LogP contribution in [0.3, 0.4) is 0 Å². The number of fused-ring (bicyclic) bond motifs is 1. The number of hydrogen-bond donors (Lipinski definition) is 2. The van der Waals surface area contributed by atoms with Crippen LogP contribution in [0.2, 0.25) is 0 Å². The van der Waals surface area contributed by atoms with E-state index in [0.29, 0.717) is 12.6 Å². The number of rotatable bonds is 3. The van der Waals surface area contributed by atoms with Crippen LogP contribution in [0.25, 0.3) is 5.52 Å². The molecule has 1 fully saturated rings. The SMILES string of the molecule is O=C(NCc1cc2ccccn2n1)NC1CCCCC1. The molecule has 20 heavy (non-hydrogen) atoms. The van der Waals surface area contributed by atoms with Crippen molar-refractivity contribution in [3.8, 4) is 0 Å². The second-order valence-electron chi connectivity index (χ2n) is 5.37. The first-order chi connectivity index (χ1) is 9.81. The third-order valence-corrected chi connectivity index (χ3v) is 3.79. The first-order valence-electron chi connectivity index (χ1n) is 7.29. The van der Waals surface area contributed by atoms with Crippen molar-refractivity contribution in [2.45, 2.75) is 44.7 Å². The molecule has 3 rings (SSSR count). The molecule has 2 heterocycles. The van der Waals surface area contributed by atoms with Gasteiger partial charge in [-0.15, -0.1) is 0 Å². The lowest BCUT2D eigenvalue weighted by Gasteiger charge is -2.22. The summed E-state index contributed by atoms with van der Waals surface area (Å²) >= 11 is 0. The quantitative estimate of drug-likeness (QED) is 0.901. The molecule has 0 radical (unpaired) electrons. The van der Waals surface area contributed by atoms with E-state index in [1.165, 1.54) is 19.3 Å². The largest absolute Gasteiger partial charge is 0.335 e. The van der Waals surface area contributed by atoms with Gasteiger partial charge in [-0.2, -0.15) is 5.10 Å². The summed E-state index contributed by atoms with van der Waals surface area (Å²) < 4.78 is 1.82. The topological polar surface area (TPSA) is 58.4 Å². The maximum absolute atomic E-state index is 11.8. The summed E-state index contributed by atoms with van der Waals surface area (Å²) in [4.78, 5) is 11.8. The highest BCUT2D eigenvalue weighted by Gasteiger charge is 2.15. The fourth-order valence-corrected chi connectivity index (χ4v) is 2.73. The molecule has 2 amide bonds. The molecular weight excluding hydrogens is 252 g/mol. The molecule has 0 unspecified atom stereocenters. The van der Waals surface area contributed by atoms with Crippen LogP contribution < -0.4 is 10.6 Å². The number of carbonyl (C=O) groups excluding carboxylic acids is 1. The van der Waals surface area contributed by atoms with Gasteiger partial charge in [0.2, 0.25) is 0 Å². The van der Waals surface area contributed by atoms with Crippen LogP contribution in [0, 0.1) is 0 Å². The van der Waals surface area contributed by atoms with Crippen LogP contribution in [0.5, 0.6) is 0 Å². The molecular formula is C15H20N4O. The van der Waals surface area contributed by atoms with E-state index < -0.39 is 0 Å². The Morgan fingerprint density at radius 2 is 2.15 bits per heavy atom. The minimum atomic E-state index is -0.0889. The van der Waals surface area contributed by atoms with Gasteiger partial charge in [0.1, 0.15) is 0 Å². The second kappa shape index (κ2) is 5.94. The van der Waals surface area contributed by atoms with Crippen LogP contribution in [-0.4, -0.2) is 21.7 Å². The predicted molar refractivity (Wildman–Crippen MR) is 77.4 cm³/mol. The average molecular weight is 272 g/mol. The number of carbonyl (C=O) groups is 1. The van der Waals surface area contributed by atoms with Gasteiger partial charge >= 0.3 is 6.03 Å². The highest BCUT2D eigenvalue weighted by Crippen LogP contribution is 2.17. The molecule has 0 spiro atoms. The number of aromatic nitrogens is 2. The number of pyridine rings is 1. The molecule has 5 nitrogen and oxygen atoms in total. The molecule has 1 aliphatic rings. The Kier molecular flexibility index (Phi) is 3.85. The summed E-state index contributed by atoms with van der Waals surface area (Å²) in [5, 5.41) is 10.3. The fraction of sp³-hybridized carbons (Fsp3) is 0.467. The molecule has 0 atom stereocenters. The minimum absolute atomic E-state index is 0.0889. The molecule has 0 aromatic carbocycles. The van der Waals surface area contributed by atoms with Gasteiger partial charge in [-0.05, 0) is 31.0 Å². The number of urea groups is 1. The first kappa shape index (κ1) is 13.0. The lowest BCUT2D eigenvalue weighted by molar-refractivity contribution is 0.232. The lowest BCUT2D eigenvalue weighted by atomic mass is 9.96. The third kappa shape index (κ3) is 3.10. The summed E-state index contributed by atoms with van der Waals surface area (Å²) in [6, 6.07) is 8.15. The van der Waals surface area contributed by atoms with E-state index in [-0.39, 0.29) is 6.03 Å². The zero-order valence-electron chi connectivity index (χ0n) is 11.5. The molecule has 5 heteroatoms. The molecule has 106 valence electrons. The highest BCUT2D eigenvalue weighted by atomic mass is 16.2. The van der Waals surface area contributed by atoms with Gasteiger partial charge in [-0.25, -0.2) is 9.31 Å². The smallest absolute Gasteiger partial charge is 0.315 e. The zero-order chi connectivity index (χ0) is 13.8. The number of nitrogens with zero attached hydrogens (tertiary/aromatic N) is 2. The Hall–Kier alpha value is -2.04. The molecule has 0 aliphatic heterocycles. The van der Waals surface area contributed by atoms with Crippen LogP contribution in [0.1, 0.15) is 37.8 Å². The van der Waals surface area contributed by atoms with Crippen LogP contribution in [0.4, 0.5) is 4.79 Å². The predicted octanol–water partition coefficient (Wildman–Crippen LogP) is 2.47. The van der Waals surface area contributed by atoms with Crippen LogP contribution in [0.15, 0.2) is 30.5 Å². The first-order valence-corrected chi connectivity index (χ1v) is 7.29. The number of hydrogen-bond acceptors (Lipinski definition) is 2. The zero-order valence-corrected chi connectivity index (χ0v) is 11.5. The Morgan fingerprint density at radius 3 is 2.95 bits per heavy atom. The molecule has 1 aliphatic carbocycles. The van der Waals surface area contributed by atoms with E-state index in [4.69, 9.17) is 0 Å². The van der Waals surface area contributed by atoms with E-state index >= 15 is 0 Å². The van der Waals surface area contributed by atoms with Crippen molar-refractivity contribution in [3.63, 3.8) is 0 Å². The summed E-state index contributed by atoms with van der Waals surface area (Å²) in [6.07, 6.45) is 7.83. The molecule has 0 saturated heterocycles. The van der Waals surface area contributed by atoms with Gasteiger partial charge in [-0.3, -0.25) is 0 Å². The van der Waals surface area contributed by atoms with Crippen molar-refractivity contribution in [1.82, 2.24) is 20.2 Å². The highest BCUT2D eigenvalue weighted by molar-refractivity contribution is 5.74. The van der Waals surface area contributed by atoms with Crippen molar-refractivity contribution >= 4 is 11.5 Å². The number of amides is 2.